The molecule has 0 aromatic carbocycles. The molecule has 5 nitrogen and oxygen atoms in total. The Morgan fingerprint density at radius 3 is 2.18 bits per heavy atom. The van der Waals surface area contributed by atoms with Gasteiger partial charge >= 0.3 is 0 Å². The molecule has 4 bridgehead atoms. The predicted octanol–water partition coefficient (Wildman–Crippen LogP) is 3.98. The molecule has 0 unspecified atom stereocenters. The van der Waals surface area contributed by atoms with Gasteiger partial charge in [-0.25, -0.2) is 0 Å². The van der Waals surface area contributed by atoms with Crippen molar-refractivity contribution in [3.63, 3.8) is 0 Å². The van der Waals surface area contributed by atoms with E-state index < -0.39 is 11.8 Å². The average Bonchev–Trinajstić information content (AvgIpc) is 2.99. The monoisotopic (exact) mass is 387 g/mol. The molecule has 2 atom stereocenters. The molecule has 2 aliphatic heterocycles. The van der Waals surface area contributed by atoms with E-state index in [-0.39, 0.29) is 40.5 Å². The van der Waals surface area contributed by atoms with Crippen molar-refractivity contribution in [1.82, 2.24) is 4.90 Å². The molecule has 0 radical (unpaired) electrons. The summed E-state index contributed by atoms with van der Waals surface area (Å²) in [5.74, 6) is 1.74. The SMILES string of the molecule is CC(C)(C)[C@@H]1OC[C@@]2(C)C(O)=C(C(=O)CC34CC5CC(CC(C5)C3)C4)C(=O)N12. The highest BCUT2D eigenvalue weighted by molar-refractivity contribution is 6.22. The second-order valence-corrected chi connectivity index (χ2v) is 11.7. The van der Waals surface area contributed by atoms with Gasteiger partial charge in [-0.15, -0.1) is 0 Å². The van der Waals surface area contributed by atoms with Crippen molar-refractivity contribution in [2.45, 2.75) is 84.4 Å². The standard InChI is InChI=1S/C23H33NO4/c1-21(2,3)20-24-19(27)17(18(26)22(24,4)12-28-20)16(25)11-23-8-13-5-14(9-23)7-15(6-13)10-23/h13-15,20,26H,5-12H2,1-4H3/t13?,14?,15?,20-,22-,23?/m0/s1. The van der Waals surface area contributed by atoms with Gasteiger partial charge in [-0.05, 0) is 68.6 Å². The van der Waals surface area contributed by atoms with Crippen LogP contribution < -0.4 is 0 Å². The summed E-state index contributed by atoms with van der Waals surface area (Å²) in [6.45, 7) is 8.10. The third kappa shape index (κ3) is 2.47. The van der Waals surface area contributed by atoms with Crippen molar-refractivity contribution in [1.29, 1.82) is 0 Å². The van der Waals surface area contributed by atoms with E-state index in [1.807, 2.05) is 27.7 Å². The summed E-state index contributed by atoms with van der Waals surface area (Å²) >= 11 is 0. The highest BCUT2D eigenvalue weighted by atomic mass is 16.5. The number of nitrogens with zero attached hydrogens (tertiary/aromatic N) is 1. The van der Waals surface area contributed by atoms with Crippen LogP contribution in [0.15, 0.2) is 11.3 Å². The number of aliphatic hydroxyl groups is 1. The number of carbonyl (C=O) groups excluding carboxylic acids is 2. The lowest BCUT2D eigenvalue weighted by Gasteiger charge is -2.56. The number of aliphatic hydroxyl groups excluding tert-OH is 1. The second kappa shape index (κ2) is 5.62. The number of hydrogen-bond donors (Lipinski definition) is 1. The molecule has 5 fully saturated rings. The molecule has 154 valence electrons. The fraction of sp³-hybridized carbons (Fsp3) is 0.826. The fourth-order valence-corrected chi connectivity index (χ4v) is 7.47. The number of amides is 1. The van der Waals surface area contributed by atoms with Crippen molar-refractivity contribution < 1.29 is 19.4 Å². The van der Waals surface area contributed by atoms with E-state index in [0.717, 1.165) is 37.0 Å². The molecular formula is C23H33NO4. The van der Waals surface area contributed by atoms with E-state index in [0.29, 0.717) is 6.42 Å². The molecule has 2 heterocycles. The summed E-state index contributed by atoms with van der Waals surface area (Å²) in [6, 6.07) is 0. The first kappa shape index (κ1) is 18.7. The Kier molecular flexibility index (Phi) is 3.74. The first-order valence-electron chi connectivity index (χ1n) is 10.9. The normalized spacial score (nSPS) is 44.6. The van der Waals surface area contributed by atoms with Crippen molar-refractivity contribution in [2.75, 3.05) is 6.61 Å². The second-order valence-electron chi connectivity index (χ2n) is 11.7. The first-order valence-corrected chi connectivity index (χ1v) is 10.9. The molecule has 28 heavy (non-hydrogen) atoms. The van der Waals surface area contributed by atoms with Gasteiger partial charge in [-0.3, -0.25) is 14.5 Å². The van der Waals surface area contributed by atoms with E-state index >= 15 is 0 Å². The Morgan fingerprint density at radius 2 is 1.68 bits per heavy atom. The summed E-state index contributed by atoms with van der Waals surface area (Å²) in [5, 5.41) is 11.0. The zero-order valence-corrected chi connectivity index (χ0v) is 17.6. The van der Waals surface area contributed by atoms with Crippen LogP contribution in [0.2, 0.25) is 0 Å². The maximum absolute atomic E-state index is 13.4. The Balaban J connectivity index is 1.42. The number of carbonyl (C=O) groups is 2. The highest BCUT2D eigenvalue weighted by Gasteiger charge is 2.61. The van der Waals surface area contributed by atoms with Crippen LogP contribution in [0.4, 0.5) is 0 Å². The Bertz CT molecular complexity index is 741. The van der Waals surface area contributed by atoms with Crippen molar-refractivity contribution in [3.05, 3.63) is 11.3 Å². The van der Waals surface area contributed by atoms with Crippen LogP contribution in [-0.2, 0) is 14.3 Å². The molecular weight excluding hydrogens is 354 g/mol. The lowest BCUT2D eigenvalue weighted by Crippen LogP contribution is -2.50. The van der Waals surface area contributed by atoms with E-state index in [1.54, 1.807) is 4.90 Å². The van der Waals surface area contributed by atoms with Crippen LogP contribution in [0, 0.1) is 28.6 Å². The van der Waals surface area contributed by atoms with E-state index in [9.17, 15) is 14.7 Å². The van der Waals surface area contributed by atoms with E-state index in [4.69, 9.17) is 4.74 Å². The van der Waals surface area contributed by atoms with E-state index in [2.05, 4.69) is 0 Å². The Hall–Kier alpha value is -1.36. The zero-order valence-electron chi connectivity index (χ0n) is 17.6. The molecule has 1 saturated heterocycles. The zero-order chi connectivity index (χ0) is 20.1. The molecule has 0 aromatic heterocycles. The molecule has 4 aliphatic carbocycles. The van der Waals surface area contributed by atoms with Gasteiger partial charge in [-0.2, -0.15) is 0 Å². The lowest BCUT2D eigenvalue weighted by molar-refractivity contribution is -0.141. The van der Waals surface area contributed by atoms with Crippen LogP contribution in [0.3, 0.4) is 0 Å². The number of ether oxygens (including phenoxy) is 1. The number of ketones is 1. The minimum absolute atomic E-state index is 0.0378. The molecule has 1 amide bonds. The molecule has 4 saturated carbocycles. The summed E-state index contributed by atoms with van der Waals surface area (Å²) in [4.78, 5) is 28.3. The predicted molar refractivity (Wildman–Crippen MR) is 104 cm³/mol. The smallest absolute Gasteiger partial charge is 0.263 e. The molecule has 1 N–H and O–H groups in total. The molecule has 6 rings (SSSR count). The summed E-state index contributed by atoms with van der Waals surface area (Å²) in [7, 11) is 0. The van der Waals surface area contributed by atoms with Crippen molar-refractivity contribution in [3.8, 4) is 0 Å². The molecule has 0 spiro atoms. The maximum Gasteiger partial charge on any atom is 0.263 e. The lowest BCUT2D eigenvalue weighted by atomic mass is 9.48. The average molecular weight is 388 g/mol. The first-order chi connectivity index (χ1) is 13.0. The van der Waals surface area contributed by atoms with Gasteiger partial charge in [0.15, 0.2) is 5.78 Å². The number of hydrogen-bond acceptors (Lipinski definition) is 4. The third-order valence-corrected chi connectivity index (χ3v) is 8.19. The fourth-order valence-electron chi connectivity index (χ4n) is 7.47. The summed E-state index contributed by atoms with van der Waals surface area (Å²) in [5.41, 5.74) is -1.10. The molecule has 6 aliphatic rings. The van der Waals surface area contributed by atoms with Crippen LogP contribution in [0.25, 0.3) is 0 Å². The number of Topliss-reactive ketones (excluding diaryl/α,β-unsaturated/α-hetero) is 1. The van der Waals surface area contributed by atoms with Gasteiger partial charge in [0.2, 0.25) is 0 Å². The van der Waals surface area contributed by atoms with Crippen LogP contribution in [0.1, 0.15) is 72.6 Å². The largest absolute Gasteiger partial charge is 0.509 e. The van der Waals surface area contributed by atoms with Crippen LogP contribution in [0.5, 0.6) is 0 Å². The highest BCUT2D eigenvalue weighted by Crippen LogP contribution is 2.61. The minimum Gasteiger partial charge on any atom is -0.509 e. The number of rotatable bonds is 3. The van der Waals surface area contributed by atoms with Gasteiger partial charge in [0.05, 0.1) is 6.61 Å². The van der Waals surface area contributed by atoms with Gasteiger partial charge in [0.25, 0.3) is 5.91 Å². The molecule has 0 aromatic rings. The Morgan fingerprint density at radius 1 is 1.14 bits per heavy atom. The topological polar surface area (TPSA) is 66.8 Å². The third-order valence-electron chi connectivity index (χ3n) is 8.19. The van der Waals surface area contributed by atoms with Crippen molar-refractivity contribution >= 4 is 11.7 Å². The number of fused-ring (bicyclic) bond motifs is 1. The maximum atomic E-state index is 13.4. The minimum atomic E-state index is -0.915. The van der Waals surface area contributed by atoms with Crippen LogP contribution >= 0.6 is 0 Å². The van der Waals surface area contributed by atoms with E-state index in [1.165, 1.54) is 19.3 Å². The summed E-state index contributed by atoms with van der Waals surface area (Å²) < 4.78 is 5.89. The quantitative estimate of drug-likeness (QED) is 0.744. The van der Waals surface area contributed by atoms with Gasteiger partial charge < -0.3 is 9.84 Å². The van der Waals surface area contributed by atoms with Crippen LogP contribution in [-0.4, -0.2) is 40.1 Å². The van der Waals surface area contributed by atoms with Gasteiger partial charge in [-0.1, -0.05) is 20.8 Å². The van der Waals surface area contributed by atoms with Crippen molar-refractivity contribution in [2.24, 2.45) is 28.6 Å². The summed E-state index contributed by atoms with van der Waals surface area (Å²) in [6.07, 6.45) is 7.36. The molecule has 5 heteroatoms. The van der Waals surface area contributed by atoms with Gasteiger partial charge in [0, 0.05) is 11.8 Å². The van der Waals surface area contributed by atoms with Gasteiger partial charge in [0.1, 0.15) is 23.1 Å². The Labute approximate surface area is 167 Å².